The van der Waals surface area contributed by atoms with Gasteiger partial charge in [0, 0.05) is 39.6 Å². The van der Waals surface area contributed by atoms with Crippen LogP contribution in [0.3, 0.4) is 0 Å². The first-order valence-corrected chi connectivity index (χ1v) is 10.0. The molecule has 3 rings (SSSR count). The predicted octanol–water partition coefficient (Wildman–Crippen LogP) is 3.72. The number of halogens is 2. The predicted molar refractivity (Wildman–Crippen MR) is 99.2 cm³/mol. The van der Waals surface area contributed by atoms with Gasteiger partial charge in [0.2, 0.25) is 10.0 Å². The summed E-state index contributed by atoms with van der Waals surface area (Å²) in [6.45, 7) is 3.00. The minimum Gasteiger partial charge on any atom is -0.328 e. The Labute approximate surface area is 152 Å². The molecule has 1 saturated heterocycles. The second kappa shape index (κ2) is 7.25. The average molecular weight is 395 g/mol. The maximum atomic E-state index is 13.0. The van der Waals surface area contributed by atoms with Crippen LogP contribution in [0.25, 0.3) is 10.1 Å². The first kappa shape index (κ1) is 19.0. The Balaban J connectivity index is 0.00000192. The zero-order valence-corrected chi connectivity index (χ0v) is 15.9. The summed E-state index contributed by atoms with van der Waals surface area (Å²) in [5, 5.41) is 2.97. The van der Waals surface area contributed by atoms with Gasteiger partial charge >= 0.3 is 0 Å². The van der Waals surface area contributed by atoms with E-state index in [0.717, 1.165) is 17.5 Å². The summed E-state index contributed by atoms with van der Waals surface area (Å²) in [5.74, 6) is 0.219. The van der Waals surface area contributed by atoms with Crippen molar-refractivity contribution in [3.05, 3.63) is 28.6 Å². The maximum absolute atomic E-state index is 13.0. The second-order valence-corrected chi connectivity index (χ2v) is 9.12. The fourth-order valence-corrected chi connectivity index (χ4v) is 6.09. The minimum absolute atomic E-state index is 0. The lowest BCUT2D eigenvalue weighted by Gasteiger charge is -2.33. The molecule has 1 aromatic carbocycles. The Morgan fingerprint density at radius 3 is 2.87 bits per heavy atom. The van der Waals surface area contributed by atoms with Gasteiger partial charge in [0.15, 0.2) is 0 Å². The van der Waals surface area contributed by atoms with E-state index < -0.39 is 10.0 Å². The van der Waals surface area contributed by atoms with Crippen LogP contribution >= 0.6 is 35.3 Å². The molecule has 2 heterocycles. The first-order chi connectivity index (χ1) is 10.4. The molecule has 0 saturated carbocycles. The molecule has 0 radical (unpaired) electrons. The van der Waals surface area contributed by atoms with Crippen LogP contribution in [0.4, 0.5) is 0 Å². The van der Waals surface area contributed by atoms with Crippen molar-refractivity contribution in [3.63, 3.8) is 0 Å². The third-order valence-corrected chi connectivity index (χ3v) is 7.53. The van der Waals surface area contributed by atoms with Gasteiger partial charge in [-0.1, -0.05) is 11.6 Å². The van der Waals surface area contributed by atoms with E-state index in [1.807, 2.05) is 13.0 Å². The summed E-state index contributed by atoms with van der Waals surface area (Å²) in [7, 11) is -3.50. The van der Waals surface area contributed by atoms with Crippen LogP contribution in [0.1, 0.15) is 19.8 Å². The standard InChI is InChI=1S/C15H19ClN2O2S2.ClH/c1-10(17)11-3-2-6-18(8-11)22(19,20)15-9-21-14-5-4-12(16)7-13(14)15;/h4-5,7,9-11H,2-3,6,8,17H2,1H3;1H. The van der Waals surface area contributed by atoms with Gasteiger partial charge in [0.1, 0.15) is 4.90 Å². The van der Waals surface area contributed by atoms with E-state index >= 15 is 0 Å². The van der Waals surface area contributed by atoms with Crippen molar-refractivity contribution >= 4 is 55.5 Å². The molecule has 1 aliphatic heterocycles. The molecular formula is C15H20Cl2N2O2S2. The molecule has 23 heavy (non-hydrogen) atoms. The zero-order chi connectivity index (χ0) is 15.9. The van der Waals surface area contributed by atoms with Crippen molar-refractivity contribution in [2.75, 3.05) is 13.1 Å². The molecule has 2 N–H and O–H groups in total. The number of nitrogens with zero attached hydrogens (tertiary/aromatic N) is 1. The van der Waals surface area contributed by atoms with Gasteiger partial charge in [-0.25, -0.2) is 8.42 Å². The molecule has 8 heteroatoms. The highest BCUT2D eigenvalue weighted by Gasteiger charge is 2.33. The van der Waals surface area contributed by atoms with Gasteiger partial charge in [-0.05, 0) is 43.9 Å². The number of piperidine rings is 1. The van der Waals surface area contributed by atoms with Gasteiger partial charge < -0.3 is 5.73 Å². The zero-order valence-electron chi connectivity index (χ0n) is 12.7. The molecule has 4 nitrogen and oxygen atoms in total. The quantitative estimate of drug-likeness (QED) is 0.862. The first-order valence-electron chi connectivity index (χ1n) is 7.32. The molecule has 1 aliphatic rings. The van der Waals surface area contributed by atoms with Gasteiger partial charge in [0.25, 0.3) is 0 Å². The van der Waals surface area contributed by atoms with Crippen LogP contribution in [-0.2, 0) is 10.0 Å². The Morgan fingerprint density at radius 1 is 1.43 bits per heavy atom. The highest BCUT2D eigenvalue weighted by Crippen LogP contribution is 2.34. The van der Waals surface area contributed by atoms with Crippen molar-refractivity contribution in [2.45, 2.75) is 30.7 Å². The summed E-state index contributed by atoms with van der Waals surface area (Å²) >= 11 is 7.46. The lowest BCUT2D eigenvalue weighted by molar-refractivity contribution is 0.243. The van der Waals surface area contributed by atoms with Crippen LogP contribution in [0.2, 0.25) is 5.02 Å². The normalized spacial score (nSPS) is 21.1. The van der Waals surface area contributed by atoms with E-state index in [0.29, 0.717) is 28.4 Å². The monoisotopic (exact) mass is 394 g/mol. The number of rotatable bonds is 3. The van der Waals surface area contributed by atoms with Crippen molar-refractivity contribution in [1.82, 2.24) is 4.31 Å². The molecule has 0 spiro atoms. The van der Waals surface area contributed by atoms with Crippen molar-refractivity contribution in [3.8, 4) is 0 Å². The highest BCUT2D eigenvalue weighted by molar-refractivity contribution is 7.89. The third-order valence-electron chi connectivity index (χ3n) is 4.28. The Morgan fingerprint density at radius 2 is 2.17 bits per heavy atom. The van der Waals surface area contributed by atoms with Gasteiger partial charge in [-0.15, -0.1) is 23.7 Å². The van der Waals surface area contributed by atoms with Crippen molar-refractivity contribution in [2.24, 2.45) is 11.7 Å². The fourth-order valence-electron chi connectivity index (χ4n) is 2.94. The Hall–Kier alpha value is -0.370. The lowest BCUT2D eigenvalue weighted by atomic mass is 9.93. The largest absolute Gasteiger partial charge is 0.328 e. The van der Waals surface area contributed by atoms with Gasteiger partial charge in [-0.3, -0.25) is 0 Å². The second-order valence-electron chi connectivity index (χ2n) is 5.86. The molecule has 1 fully saturated rings. The summed E-state index contributed by atoms with van der Waals surface area (Å²) in [5.41, 5.74) is 5.96. The molecular weight excluding hydrogens is 375 g/mol. The Bertz CT molecular complexity index is 790. The van der Waals surface area contributed by atoms with E-state index in [4.69, 9.17) is 17.3 Å². The number of benzene rings is 1. The summed E-state index contributed by atoms with van der Waals surface area (Å²) in [6, 6.07) is 5.38. The van der Waals surface area contributed by atoms with Crippen LogP contribution in [0.15, 0.2) is 28.5 Å². The van der Waals surface area contributed by atoms with Crippen molar-refractivity contribution < 1.29 is 8.42 Å². The molecule has 128 valence electrons. The van der Waals surface area contributed by atoms with Gasteiger partial charge in [0.05, 0.1) is 0 Å². The smallest absolute Gasteiger partial charge is 0.244 e. The van der Waals surface area contributed by atoms with E-state index in [1.54, 1.807) is 21.8 Å². The molecule has 2 aromatic rings. The SMILES string of the molecule is CC(N)C1CCCN(S(=O)(=O)c2csc3ccc(Cl)cc23)C1.Cl. The molecule has 2 atom stereocenters. The summed E-state index contributed by atoms with van der Waals surface area (Å²) < 4.78 is 28.5. The van der Waals surface area contributed by atoms with E-state index in [9.17, 15) is 8.42 Å². The van der Waals surface area contributed by atoms with Gasteiger partial charge in [-0.2, -0.15) is 4.31 Å². The molecule has 0 amide bonds. The van der Waals surface area contributed by atoms with Crippen LogP contribution in [0, 0.1) is 5.92 Å². The number of hydrogen-bond donors (Lipinski definition) is 1. The minimum atomic E-state index is -3.50. The molecule has 0 bridgehead atoms. The summed E-state index contributed by atoms with van der Waals surface area (Å²) in [4.78, 5) is 0.361. The number of sulfonamides is 1. The topological polar surface area (TPSA) is 63.4 Å². The average Bonchev–Trinajstić information content (AvgIpc) is 2.91. The number of thiophene rings is 1. The number of nitrogens with two attached hydrogens (primary N) is 1. The summed E-state index contributed by atoms with van der Waals surface area (Å²) in [6.07, 6.45) is 1.84. The molecule has 1 aromatic heterocycles. The van der Waals surface area contributed by atoms with E-state index in [-0.39, 0.29) is 24.4 Å². The fraction of sp³-hybridized carbons (Fsp3) is 0.467. The molecule has 2 unspecified atom stereocenters. The third kappa shape index (κ3) is 3.67. The number of fused-ring (bicyclic) bond motifs is 1. The maximum Gasteiger partial charge on any atom is 0.244 e. The molecule has 0 aliphatic carbocycles. The Kier molecular flexibility index (Phi) is 5.98. The van der Waals surface area contributed by atoms with Crippen LogP contribution in [-0.4, -0.2) is 31.9 Å². The van der Waals surface area contributed by atoms with Crippen LogP contribution in [0.5, 0.6) is 0 Å². The van der Waals surface area contributed by atoms with Crippen molar-refractivity contribution in [1.29, 1.82) is 0 Å². The number of hydrogen-bond acceptors (Lipinski definition) is 4. The van der Waals surface area contributed by atoms with E-state index in [1.165, 1.54) is 11.3 Å². The highest BCUT2D eigenvalue weighted by atomic mass is 35.5. The van der Waals surface area contributed by atoms with Crippen LogP contribution < -0.4 is 5.73 Å². The lowest BCUT2D eigenvalue weighted by Crippen LogP contribution is -2.44. The van der Waals surface area contributed by atoms with E-state index in [2.05, 4.69) is 0 Å².